The van der Waals surface area contributed by atoms with Crippen molar-refractivity contribution in [2.75, 3.05) is 13.1 Å². The highest BCUT2D eigenvalue weighted by molar-refractivity contribution is 5.83. The number of amides is 2. The van der Waals surface area contributed by atoms with Gasteiger partial charge in [-0.05, 0) is 31.1 Å². The molecule has 96 valence electrons. The van der Waals surface area contributed by atoms with E-state index < -0.39 is 12.0 Å². The second kappa shape index (κ2) is 4.94. The molecule has 0 aromatic carbocycles. The predicted molar refractivity (Wildman–Crippen MR) is 62.7 cm³/mol. The van der Waals surface area contributed by atoms with E-state index in [1.807, 2.05) is 6.92 Å². The first-order valence-electron chi connectivity index (χ1n) is 6.37. The number of carboxylic acid groups (broad SMARTS) is 1. The second-order valence-electron chi connectivity index (χ2n) is 5.23. The van der Waals surface area contributed by atoms with E-state index in [1.54, 1.807) is 0 Å². The third-order valence-corrected chi connectivity index (χ3v) is 3.98. The number of carboxylic acids is 1. The van der Waals surface area contributed by atoms with Gasteiger partial charge in [0.2, 0.25) is 0 Å². The van der Waals surface area contributed by atoms with Crippen molar-refractivity contribution >= 4 is 12.0 Å². The smallest absolute Gasteiger partial charge is 0.326 e. The van der Waals surface area contributed by atoms with Gasteiger partial charge in [0.25, 0.3) is 0 Å². The first-order chi connectivity index (χ1) is 8.09. The molecule has 2 N–H and O–H groups in total. The topological polar surface area (TPSA) is 69.6 Å². The maximum absolute atomic E-state index is 11.9. The quantitative estimate of drug-likeness (QED) is 0.781. The Morgan fingerprint density at radius 2 is 2.06 bits per heavy atom. The molecule has 2 rings (SSSR count). The van der Waals surface area contributed by atoms with Crippen molar-refractivity contribution in [1.82, 2.24) is 10.2 Å². The minimum atomic E-state index is -0.895. The van der Waals surface area contributed by atoms with Crippen molar-refractivity contribution in [2.24, 2.45) is 11.8 Å². The van der Waals surface area contributed by atoms with Gasteiger partial charge in [0.15, 0.2) is 0 Å². The van der Waals surface area contributed by atoms with Crippen LogP contribution in [0.3, 0.4) is 0 Å². The van der Waals surface area contributed by atoms with E-state index in [4.69, 9.17) is 5.11 Å². The van der Waals surface area contributed by atoms with Crippen LogP contribution >= 0.6 is 0 Å². The van der Waals surface area contributed by atoms with Crippen LogP contribution in [0, 0.1) is 11.8 Å². The molecule has 2 fully saturated rings. The van der Waals surface area contributed by atoms with Gasteiger partial charge in [-0.1, -0.05) is 13.3 Å². The zero-order valence-electron chi connectivity index (χ0n) is 10.2. The number of likely N-dealkylation sites (tertiary alicyclic amines) is 1. The van der Waals surface area contributed by atoms with Crippen molar-refractivity contribution in [3.8, 4) is 0 Å². The summed E-state index contributed by atoms with van der Waals surface area (Å²) in [6.07, 6.45) is 4.38. The second-order valence-corrected chi connectivity index (χ2v) is 5.23. The number of rotatable bonds is 3. The fourth-order valence-electron chi connectivity index (χ4n) is 2.58. The Labute approximate surface area is 101 Å². The molecule has 2 amide bonds. The van der Waals surface area contributed by atoms with Crippen LogP contribution in [0.4, 0.5) is 4.79 Å². The SMILES string of the molecule is CC1CCN(C(=O)NCC2CCC2)C1C(=O)O. The maximum atomic E-state index is 11.9. The lowest BCUT2D eigenvalue weighted by Gasteiger charge is -2.28. The average Bonchev–Trinajstić information content (AvgIpc) is 2.57. The Morgan fingerprint density at radius 1 is 1.35 bits per heavy atom. The summed E-state index contributed by atoms with van der Waals surface area (Å²) in [5.41, 5.74) is 0. The number of hydrogen-bond donors (Lipinski definition) is 2. The number of nitrogens with zero attached hydrogens (tertiary/aromatic N) is 1. The number of aliphatic carboxylic acids is 1. The van der Waals surface area contributed by atoms with Crippen molar-refractivity contribution in [3.63, 3.8) is 0 Å². The van der Waals surface area contributed by atoms with Gasteiger partial charge in [-0.3, -0.25) is 0 Å². The number of urea groups is 1. The van der Waals surface area contributed by atoms with Crippen LogP contribution in [0.1, 0.15) is 32.6 Å². The minimum Gasteiger partial charge on any atom is -0.480 e. The molecule has 1 saturated carbocycles. The lowest BCUT2D eigenvalue weighted by Crippen LogP contribution is -2.48. The van der Waals surface area contributed by atoms with Crippen LogP contribution in [0.5, 0.6) is 0 Å². The van der Waals surface area contributed by atoms with Crippen LogP contribution < -0.4 is 5.32 Å². The lowest BCUT2D eigenvalue weighted by molar-refractivity contribution is -0.142. The largest absolute Gasteiger partial charge is 0.480 e. The van der Waals surface area contributed by atoms with Crippen molar-refractivity contribution in [2.45, 2.75) is 38.6 Å². The van der Waals surface area contributed by atoms with Gasteiger partial charge in [0, 0.05) is 13.1 Å². The Balaban J connectivity index is 1.86. The molecule has 5 nitrogen and oxygen atoms in total. The number of carbonyl (C=O) groups excluding carboxylic acids is 1. The molecule has 0 aromatic rings. The molecular formula is C12H20N2O3. The van der Waals surface area contributed by atoms with E-state index in [1.165, 1.54) is 24.2 Å². The van der Waals surface area contributed by atoms with E-state index in [0.29, 0.717) is 19.0 Å². The van der Waals surface area contributed by atoms with Crippen molar-refractivity contribution in [3.05, 3.63) is 0 Å². The molecule has 2 aliphatic rings. The summed E-state index contributed by atoms with van der Waals surface area (Å²) in [5.74, 6) is -0.252. The van der Waals surface area contributed by atoms with Crippen LogP contribution in [-0.4, -0.2) is 41.1 Å². The van der Waals surface area contributed by atoms with E-state index in [-0.39, 0.29) is 11.9 Å². The summed E-state index contributed by atoms with van der Waals surface area (Å²) in [6.45, 7) is 3.13. The van der Waals surface area contributed by atoms with Crippen LogP contribution in [-0.2, 0) is 4.79 Å². The first kappa shape index (κ1) is 12.2. The van der Waals surface area contributed by atoms with Gasteiger partial charge in [0.05, 0.1) is 0 Å². The highest BCUT2D eigenvalue weighted by Crippen LogP contribution is 2.26. The summed E-state index contributed by atoms with van der Waals surface area (Å²) in [6, 6.07) is -0.870. The van der Waals surface area contributed by atoms with E-state index in [2.05, 4.69) is 5.32 Å². The fourth-order valence-corrected chi connectivity index (χ4v) is 2.58. The zero-order chi connectivity index (χ0) is 12.4. The van der Waals surface area contributed by atoms with Crippen molar-refractivity contribution in [1.29, 1.82) is 0 Å². The summed E-state index contributed by atoms with van der Waals surface area (Å²) in [5, 5.41) is 12.0. The third-order valence-electron chi connectivity index (χ3n) is 3.98. The molecular weight excluding hydrogens is 220 g/mol. The lowest BCUT2D eigenvalue weighted by atomic mass is 9.85. The van der Waals surface area contributed by atoms with E-state index in [9.17, 15) is 9.59 Å². The minimum absolute atomic E-state index is 0.0435. The maximum Gasteiger partial charge on any atom is 0.326 e. The molecule has 0 radical (unpaired) electrons. The summed E-state index contributed by atoms with van der Waals surface area (Å²) in [4.78, 5) is 24.5. The predicted octanol–water partition coefficient (Wildman–Crippen LogP) is 1.29. The number of hydrogen-bond acceptors (Lipinski definition) is 2. The Kier molecular flexibility index (Phi) is 3.54. The van der Waals surface area contributed by atoms with Gasteiger partial charge in [-0.2, -0.15) is 0 Å². The monoisotopic (exact) mass is 240 g/mol. The standard InChI is InChI=1S/C12H20N2O3/c1-8-5-6-14(10(8)11(15)16)12(17)13-7-9-3-2-4-9/h8-10H,2-7H2,1H3,(H,13,17)(H,15,16). The highest BCUT2D eigenvalue weighted by atomic mass is 16.4. The van der Waals surface area contributed by atoms with Gasteiger partial charge < -0.3 is 15.3 Å². The van der Waals surface area contributed by atoms with Gasteiger partial charge in [0.1, 0.15) is 6.04 Å². The summed E-state index contributed by atoms with van der Waals surface area (Å²) in [7, 11) is 0. The number of carbonyl (C=O) groups is 2. The Bertz CT molecular complexity index is 315. The number of nitrogens with one attached hydrogen (secondary N) is 1. The van der Waals surface area contributed by atoms with Crippen LogP contribution in [0.25, 0.3) is 0 Å². The third kappa shape index (κ3) is 2.53. The van der Waals surface area contributed by atoms with Gasteiger partial charge in [-0.25, -0.2) is 9.59 Å². The molecule has 2 unspecified atom stereocenters. The molecule has 1 aliphatic heterocycles. The van der Waals surface area contributed by atoms with Crippen molar-refractivity contribution < 1.29 is 14.7 Å². The average molecular weight is 240 g/mol. The Morgan fingerprint density at radius 3 is 2.59 bits per heavy atom. The molecule has 0 spiro atoms. The molecule has 0 aromatic heterocycles. The molecule has 1 heterocycles. The molecule has 2 atom stereocenters. The highest BCUT2D eigenvalue weighted by Gasteiger charge is 2.39. The van der Waals surface area contributed by atoms with Crippen LogP contribution in [0.15, 0.2) is 0 Å². The van der Waals surface area contributed by atoms with Gasteiger partial charge >= 0.3 is 12.0 Å². The van der Waals surface area contributed by atoms with Crippen LogP contribution in [0.2, 0.25) is 0 Å². The fraction of sp³-hybridized carbons (Fsp3) is 0.833. The summed E-state index contributed by atoms with van der Waals surface area (Å²) < 4.78 is 0. The molecule has 1 saturated heterocycles. The van der Waals surface area contributed by atoms with E-state index >= 15 is 0 Å². The molecule has 17 heavy (non-hydrogen) atoms. The van der Waals surface area contributed by atoms with E-state index in [0.717, 1.165) is 6.42 Å². The molecule has 1 aliphatic carbocycles. The molecule has 0 bridgehead atoms. The van der Waals surface area contributed by atoms with Gasteiger partial charge in [-0.15, -0.1) is 0 Å². The summed E-state index contributed by atoms with van der Waals surface area (Å²) >= 11 is 0. The first-order valence-corrected chi connectivity index (χ1v) is 6.37. The molecule has 5 heteroatoms. The Hall–Kier alpha value is -1.26. The normalized spacial score (nSPS) is 28.9. The zero-order valence-corrected chi connectivity index (χ0v) is 10.2.